The molecule has 1 amide bonds. The van der Waals surface area contributed by atoms with E-state index in [1.807, 2.05) is 30.3 Å². The summed E-state index contributed by atoms with van der Waals surface area (Å²) in [5.41, 5.74) is 1.44. The third kappa shape index (κ3) is 4.11. The van der Waals surface area contributed by atoms with Gasteiger partial charge in [0.05, 0.1) is 18.9 Å². The summed E-state index contributed by atoms with van der Waals surface area (Å²) in [6.45, 7) is 1.08. The highest BCUT2D eigenvalue weighted by molar-refractivity contribution is 7.13. The molecule has 1 fully saturated rings. The lowest BCUT2D eigenvalue weighted by molar-refractivity contribution is 0.0511. The molecule has 1 saturated heterocycles. The minimum Gasteiger partial charge on any atom is -0.458 e. The van der Waals surface area contributed by atoms with Gasteiger partial charge in [-0.3, -0.25) is 4.79 Å². The van der Waals surface area contributed by atoms with Gasteiger partial charge in [-0.1, -0.05) is 30.3 Å². The average Bonchev–Trinajstić information content (AvgIpc) is 3.20. The molecule has 1 atom stereocenters. The summed E-state index contributed by atoms with van der Waals surface area (Å²) in [5.74, 6) is -0.623. The number of ether oxygens (including phenoxy) is 1. The molecule has 27 heavy (non-hydrogen) atoms. The van der Waals surface area contributed by atoms with Crippen LogP contribution < -0.4 is 4.74 Å². The van der Waals surface area contributed by atoms with Gasteiger partial charge >= 0.3 is 6.01 Å². The van der Waals surface area contributed by atoms with Crippen molar-refractivity contribution in [2.24, 2.45) is 0 Å². The molecular formula is C19H17FN4O2S. The van der Waals surface area contributed by atoms with Gasteiger partial charge in [0.2, 0.25) is 0 Å². The van der Waals surface area contributed by atoms with Crippen LogP contribution in [0.5, 0.6) is 6.01 Å². The Bertz CT molecular complexity index is 917. The van der Waals surface area contributed by atoms with E-state index in [0.717, 1.165) is 35.8 Å². The molecule has 2 aromatic heterocycles. The number of rotatable bonds is 4. The van der Waals surface area contributed by atoms with Crippen LogP contribution in [0.3, 0.4) is 0 Å². The Morgan fingerprint density at radius 3 is 2.78 bits per heavy atom. The molecular weight excluding hydrogens is 367 g/mol. The van der Waals surface area contributed by atoms with Crippen molar-refractivity contribution in [3.05, 3.63) is 59.6 Å². The fourth-order valence-electron chi connectivity index (χ4n) is 2.98. The third-order valence-corrected chi connectivity index (χ3v) is 5.17. The quantitative estimate of drug-likeness (QED) is 0.689. The first kappa shape index (κ1) is 17.5. The molecule has 138 valence electrons. The van der Waals surface area contributed by atoms with Crippen molar-refractivity contribution in [2.45, 2.75) is 18.9 Å². The lowest BCUT2D eigenvalue weighted by atomic mass is 10.1. The second-order valence-corrected chi connectivity index (χ2v) is 7.08. The van der Waals surface area contributed by atoms with Gasteiger partial charge in [0.15, 0.2) is 5.82 Å². The molecule has 0 spiro atoms. The number of carbonyl (C=O) groups excluding carboxylic acids is 1. The number of nitrogens with zero attached hydrogens (tertiary/aromatic N) is 4. The highest BCUT2D eigenvalue weighted by Gasteiger charge is 2.27. The molecule has 0 N–H and O–H groups in total. The molecule has 0 saturated carbocycles. The lowest BCUT2D eigenvalue weighted by Crippen LogP contribution is -2.44. The first-order valence-electron chi connectivity index (χ1n) is 8.63. The van der Waals surface area contributed by atoms with Crippen molar-refractivity contribution in [2.75, 3.05) is 13.1 Å². The van der Waals surface area contributed by atoms with Gasteiger partial charge < -0.3 is 9.64 Å². The SMILES string of the molecule is O=C(c1csc(-c2ccccc2)n1)N1CCCC(Oc2ncc(F)cn2)C1. The van der Waals surface area contributed by atoms with Gasteiger partial charge in [-0.05, 0) is 12.8 Å². The Hall–Kier alpha value is -2.87. The zero-order valence-corrected chi connectivity index (χ0v) is 15.2. The van der Waals surface area contributed by atoms with Crippen molar-refractivity contribution in [3.8, 4) is 16.6 Å². The van der Waals surface area contributed by atoms with Gasteiger partial charge in [0, 0.05) is 17.5 Å². The van der Waals surface area contributed by atoms with Crippen molar-refractivity contribution in [3.63, 3.8) is 0 Å². The maximum Gasteiger partial charge on any atom is 0.316 e. The largest absolute Gasteiger partial charge is 0.458 e. The number of amides is 1. The van der Waals surface area contributed by atoms with E-state index in [2.05, 4.69) is 15.0 Å². The molecule has 4 rings (SSSR count). The van der Waals surface area contributed by atoms with Crippen LogP contribution >= 0.6 is 11.3 Å². The average molecular weight is 384 g/mol. The van der Waals surface area contributed by atoms with Crippen LogP contribution in [0.1, 0.15) is 23.3 Å². The third-order valence-electron chi connectivity index (χ3n) is 4.28. The van der Waals surface area contributed by atoms with Crippen molar-refractivity contribution < 1.29 is 13.9 Å². The standard InChI is InChI=1S/C19H17FN4O2S/c20-14-9-21-19(22-10-14)26-15-7-4-8-24(11-15)18(25)16-12-27-17(23-16)13-5-2-1-3-6-13/h1-3,5-6,9-10,12,15H,4,7-8,11H2. The number of aromatic nitrogens is 3. The first-order chi connectivity index (χ1) is 13.2. The summed E-state index contributed by atoms with van der Waals surface area (Å²) in [6.07, 6.45) is 3.51. The summed E-state index contributed by atoms with van der Waals surface area (Å²) >= 11 is 1.45. The highest BCUT2D eigenvalue weighted by atomic mass is 32.1. The normalized spacial score (nSPS) is 16.9. The predicted octanol–water partition coefficient (Wildman–Crippen LogP) is 3.42. The van der Waals surface area contributed by atoms with Crippen molar-refractivity contribution >= 4 is 17.2 Å². The maximum atomic E-state index is 12.9. The molecule has 1 aliphatic heterocycles. The van der Waals surface area contributed by atoms with Gasteiger partial charge in [-0.25, -0.2) is 19.3 Å². The number of thiazole rings is 1. The fourth-order valence-corrected chi connectivity index (χ4v) is 3.78. The van der Waals surface area contributed by atoms with Crippen LogP contribution in [0, 0.1) is 5.82 Å². The van der Waals surface area contributed by atoms with E-state index in [0.29, 0.717) is 18.8 Å². The van der Waals surface area contributed by atoms with Crippen molar-refractivity contribution in [1.29, 1.82) is 0 Å². The number of hydrogen-bond acceptors (Lipinski definition) is 6. The molecule has 1 aromatic carbocycles. The van der Waals surface area contributed by atoms with Gasteiger partial charge in [-0.15, -0.1) is 11.3 Å². The van der Waals surface area contributed by atoms with Gasteiger partial charge in [0.25, 0.3) is 5.91 Å². The number of benzene rings is 1. The molecule has 0 bridgehead atoms. The lowest BCUT2D eigenvalue weighted by Gasteiger charge is -2.31. The van der Waals surface area contributed by atoms with E-state index in [4.69, 9.17) is 4.74 Å². The Kier molecular flexibility index (Phi) is 5.06. The summed E-state index contributed by atoms with van der Waals surface area (Å²) in [7, 11) is 0. The summed E-state index contributed by atoms with van der Waals surface area (Å²) in [6, 6.07) is 9.91. The fraction of sp³-hybridized carbons (Fsp3) is 0.263. The van der Waals surface area contributed by atoms with Crippen LogP contribution in [0.2, 0.25) is 0 Å². The summed E-state index contributed by atoms with van der Waals surface area (Å²) in [4.78, 5) is 26.7. The smallest absolute Gasteiger partial charge is 0.316 e. The number of hydrogen-bond donors (Lipinski definition) is 0. The summed E-state index contributed by atoms with van der Waals surface area (Å²) in [5, 5.41) is 2.61. The maximum absolute atomic E-state index is 12.9. The Morgan fingerprint density at radius 1 is 1.22 bits per heavy atom. The topological polar surface area (TPSA) is 68.2 Å². The number of carbonyl (C=O) groups is 1. The second-order valence-electron chi connectivity index (χ2n) is 6.22. The number of piperidine rings is 1. The van der Waals surface area contributed by atoms with E-state index >= 15 is 0 Å². The molecule has 3 heterocycles. The first-order valence-corrected chi connectivity index (χ1v) is 9.51. The predicted molar refractivity (Wildman–Crippen MR) is 99.1 cm³/mol. The second kappa shape index (κ2) is 7.79. The van der Waals surface area contributed by atoms with Gasteiger partial charge in [-0.2, -0.15) is 0 Å². The van der Waals surface area contributed by atoms with Crippen LogP contribution in [0.4, 0.5) is 4.39 Å². The van der Waals surface area contributed by atoms with E-state index in [9.17, 15) is 9.18 Å². The van der Waals surface area contributed by atoms with Crippen LogP contribution in [-0.4, -0.2) is 45.0 Å². The molecule has 0 radical (unpaired) electrons. The molecule has 1 unspecified atom stereocenters. The monoisotopic (exact) mass is 384 g/mol. The van der Waals surface area contributed by atoms with Gasteiger partial charge in [0.1, 0.15) is 16.8 Å². The minimum absolute atomic E-state index is 0.109. The van der Waals surface area contributed by atoms with E-state index in [-0.39, 0.29) is 18.0 Å². The van der Waals surface area contributed by atoms with Crippen molar-refractivity contribution in [1.82, 2.24) is 19.9 Å². The van der Waals surface area contributed by atoms with E-state index in [1.54, 1.807) is 10.3 Å². The summed E-state index contributed by atoms with van der Waals surface area (Å²) < 4.78 is 18.6. The minimum atomic E-state index is -0.513. The van der Waals surface area contributed by atoms with E-state index in [1.165, 1.54) is 11.3 Å². The van der Waals surface area contributed by atoms with E-state index < -0.39 is 5.82 Å². The highest BCUT2D eigenvalue weighted by Crippen LogP contribution is 2.25. The Balaban J connectivity index is 1.43. The number of halogens is 1. The zero-order valence-electron chi connectivity index (χ0n) is 14.4. The van der Waals surface area contributed by atoms with Crippen LogP contribution in [-0.2, 0) is 0 Å². The molecule has 6 nitrogen and oxygen atoms in total. The number of likely N-dealkylation sites (tertiary alicyclic amines) is 1. The van der Waals surface area contributed by atoms with Crippen LogP contribution in [0.25, 0.3) is 10.6 Å². The molecule has 1 aliphatic rings. The molecule has 8 heteroatoms. The molecule has 3 aromatic rings. The molecule has 0 aliphatic carbocycles. The van der Waals surface area contributed by atoms with Crippen LogP contribution in [0.15, 0.2) is 48.1 Å². The Labute approximate surface area is 159 Å². The Morgan fingerprint density at radius 2 is 2.00 bits per heavy atom. The zero-order chi connectivity index (χ0) is 18.6.